The monoisotopic (exact) mass is 199 g/mol. The van der Waals surface area contributed by atoms with Crippen LogP contribution in [-0.4, -0.2) is 10.9 Å². The summed E-state index contributed by atoms with van der Waals surface area (Å²) >= 11 is 0. The van der Waals surface area contributed by atoms with Crippen LogP contribution in [0.1, 0.15) is 16.1 Å². The summed E-state index contributed by atoms with van der Waals surface area (Å²) < 4.78 is 1.93. The van der Waals surface area contributed by atoms with Crippen molar-refractivity contribution in [2.24, 2.45) is 7.05 Å². The molecule has 0 atom stereocenters. The van der Waals surface area contributed by atoms with Gasteiger partial charge >= 0.3 is 0 Å². The first-order valence-corrected chi connectivity index (χ1v) is 4.91. The van der Waals surface area contributed by atoms with E-state index in [1.165, 1.54) is 0 Å². The maximum absolute atomic E-state index is 10.9. The molecule has 2 rings (SSSR count). The number of carbonyl (C=O) groups is 1. The fourth-order valence-electron chi connectivity index (χ4n) is 1.83. The van der Waals surface area contributed by atoms with Crippen LogP contribution in [0.5, 0.6) is 0 Å². The van der Waals surface area contributed by atoms with Crippen LogP contribution in [0.2, 0.25) is 0 Å². The number of hydrogen-bond acceptors (Lipinski definition) is 1. The van der Waals surface area contributed by atoms with Crippen LogP contribution in [0, 0.1) is 6.92 Å². The lowest BCUT2D eigenvalue weighted by Crippen LogP contribution is -1.97. The highest BCUT2D eigenvalue weighted by atomic mass is 16.1. The van der Waals surface area contributed by atoms with E-state index in [0.717, 1.165) is 28.8 Å². The summed E-state index contributed by atoms with van der Waals surface area (Å²) in [6, 6.07) is 12.1. The Morgan fingerprint density at radius 1 is 1.20 bits per heavy atom. The summed E-state index contributed by atoms with van der Waals surface area (Å²) in [4.78, 5) is 10.9. The molecular formula is C13H13NO. The Hall–Kier alpha value is -1.83. The van der Waals surface area contributed by atoms with E-state index in [0.29, 0.717) is 0 Å². The second-order valence-electron chi connectivity index (χ2n) is 3.64. The zero-order chi connectivity index (χ0) is 10.8. The van der Waals surface area contributed by atoms with Crippen LogP contribution >= 0.6 is 0 Å². The van der Waals surface area contributed by atoms with Gasteiger partial charge in [-0.2, -0.15) is 0 Å². The first kappa shape index (κ1) is 9.71. The third-order valence-electron chi connectivity index (χ3n) is 2.66. The molecule has 0 aliphatic heterocycles. The Balaban J connectivity index is 2.60. The molecule has 1 aromatic carbocycles. The van der Waals surface area contributed by atoms with Crippen molar-refractivity contribution in [2.45, 2.75) is 6.92 Å². The minimum Gasteiger partial charge on any atom is -0.341 e. The van der Waals surface area contributed by atoms with E-state index in [4.69, 9.17) is 0 Å². The number of carbonyl (C=O) groups excluding carboxylic acids is 1. The predicted molar refractivity (Wildman–Crippen MR) is 61.0 cm³/mol. The maximum atomic E-state index is 10.9. The van der Waals surface area contributed by atoms with Crippen molar-refractivity contribution >= 4 is 6.29 Å². The van der Waals surface area contributed by atoms with Crippen molar-refractivity contribution in [3.05, 3.63) is 47.7 Å². The summed E-state index contributed by atoms with van der Waals surface area (Å²) in [6.45, 7) is 1.95. The average molecular weight is 199 g/mol. The molecule has 0 spiro atoms. The SMILES string of the molecule is Cc1cc(-c2ccccc2)n(C)c1C=O. The quantitative estimate of drug-likeness (QED) is 0.682. The smallest absolute Gasteiger partial charge is 0.166 e. The largest absolute Gasteiger partial charge is 0.341 e. The first-order valence-electron chi connectivity index (χ1n) is 4.91. The number of rotatable bonds is 2. The lowest BCUT2D eigenvalue weighted by Gasteiger charge is -2.03. The van der Waals surface area contributed by atoms with Gasteiger partial charge in [0.15, 0.2) is 6.29 Å². The van der Waals surface area contributed by atoms with Gasteiger partial charge in [0.1, 0.15) is 0 Å². The summed E-state index contributed by atoms with van der Waals surface area (Å²) in [7, 11) is 1.92. The van der Waals surface area contributed by atoms with Crippen molar-refractivity contribution < 1.29 is 4.79 Å². The van der Waals surface area contributed by atoms with Crippen molar-refractivity contribution in [3.8, 4) is 11.3 Å². The standard InChI is InChI=1S/C13H13NO/c1-10-8-12(14(2)13(10)9-15)11-6-4-3-5-7-11/h3-9H,1-2H3. The van der Waals surface area contributed by atoms with Gasteiger partial charge in [-0.3, -0.25) is 4.79 Å². The topological polar surface area (TPSA) is 22.0 Å². The molecule has 76 valence electrons. The Morgan fingerprint density at radius 2 is 1.87 bits per heavy atom. The maximum Gasteiger partial charge on any atom is 0.166 e. The number of nitrogens with zero attached hydrogens (tertiary/aromatic N) is 1. The van der Waals surface area contributed by atoms with Crippen LogP contribution in [0.4, 0.5) is 0 Å². The Labute approximate surface area is 89.2 Å². The predicted octanol–water partition coefficient (Wildman–Crippen LogP) is 2.81. The molecule has 0 amide bonds. The van der Waals surface area contributed by atoms with Gasteiger partial charge in [0.2, 0.25) is 0 Å². The van der Waals surface area contributed by atoms with E-state index in [1.807, 2.05) is 54.9 Å². The second-order valence-corrected chi connectivity index (χ2v) is 3.64. The molecule has 0 aliphatic carbocycles. The minimum absolute atomic E-state index is 0.744. The Morgan fingerprint density at radius 3 is 2.40 bits per heavy atom. The van der Waals surface area contributed by atoms with E-state index in [-0.39, 0.29) is 0 Å². The van der Waals surface area contributed by atoms with Gasteiger partial charge in [-0.1, -0.05) is 30.3 Å². The zero-order valence-corrected chi connectivity index (χ0v) is 8.90. The van der Waals surface area contributed by atoms with Crippen LogP contribution in [0.15, 0.2) is 36.4 Å². The molecular weight excluding hydrogens is 186 g/mol. The zero-order valence-electron chi connectivity index (χ0n) is 8.90. The third kappa shape index (κ3) is 1.59. The molecule has 0 saturated carbocycles. The second kappa shape index (κ2) is 3.73. The fraction of sp³-hybridized carbons (Fsp3) is 0.154. The fourth-order valence-corrected chi connectivity index (χ4v) is 1.83. The molecule has 1 heterocycles. The van der Waals surface area contributed by atoms with E-state index in [9.17, 15) is 4.79 Å². The van der Waals surface area contributed by atoms with Gasteiger partial charge in [0.25, 0.3) is 0 Å². The van der Waals surface area contributed by atoms with Crippen LogP contribution < -0.4 is 0 Å². The van der Waals surface area contributed by atoms with Crippen molar-refractivity contribution in [2.75, 3.05) is 0 Å². The van der Waals surface area contributed by atoms with Gasteiger partial charge in [0, 0.05) is 12.7 Å². The van der Waals surface area contributed by atoms with Gasteiger partial charge in [0.05, 0.1) is 5.69 Å². The molecule has 2 heteroatoms. The highest BCUT2D eigenvalue weighted by Gasteiger charge is 2.09. The highest BCUT2D eigenvalue weighted by molar-refractivity contribution is 5.78. The number of aldehydes is 1. The molecule has 0 radical (unpaired) electrons. The lowest BCUT2D eigenvalue weighted by molar-refractivity contribution is 0.111. The van der Waals surface area contributed by atoms with Crippen molar-refractivity contribution in [1.82, 2.24) is 4.57 Å². The molecule has 0 N–H and O–H groups in total. The molecule has 1 aromatic heterocycles. The van der Waals surface area contributed by atoms with Gasteiger partial charge < -0.3 is 4.57 Å². The van der Waals surface area contributed by atoms with Crippen LogP contribution in [0.25, 0.3) is 11.3 Å². The number of hydrogen-bond donors (Lipinski definition) is 0. The Bertz CT molecular complexity index is 483. The van der Waals surface area contributed by atoms with E-state index < -0.39 is 0 Å². The van der Waals surface area contributed by atoms with Crippen molar-refractivity contribution in [1.29, 1.82) is 0 Å². The average Bonchev–Trinajstić information content (AvgIpc) is 2.55. The number of aromatic nitrogens is 1. The lowest BCUT2D eigenvalue weighted by atomic mass is 10.1. The number of benzene rings is 1. The number of aryl methyl sites for hydroxylation is 1. The molecule has 0 fully saturated rings. The van der Waals surface area contributed by atoms with Crippen LogP contribution in [0.3, 0.4) is 0 Å². The normalized spacial score (nSPS) is 10.3. The van der Waals surface area contributed by atoms with Gasteiger partial charge in [-0.25, -0.2) is 0 Å². The molecule has 0 saturated heterocycles. The molecule has 15 heavy (non-hydrogen) atoms. The third-order valence-corrected chi connectivity index (χ3v) is 2.66. The van der Waals surface area contributed by atoms with E-state index >= 15 is 0 Å². The molecule has 2 aromatic rings. The molecule has 0 aliphatic rings. The van der Waals surface area contributed by atoms with E-state index in [1.54, 1.807) is 0 Å². The van der Waals surface area contributed by atoms with Crippen LogP contribution in [-0.2, 0) is 7.05 Å². The first-order chi connectivity index (χ1) is 7.24. The van der Waals surface area contributed by atoms with Crippen molar-refractivity contribution in [3.63, 3.8) is 0 Å². The minimum atomic E-state index is 0.744. The van der Waals surface area contributed by atoms with Gasteiger partial charge in [-0.05, 0) is 24.1 Å². The molecule has 0 unspecified atom stereocenters. The highest BCUT2D eigenvalue weighted by Crippen LogP contribution is 2.23. The summed E-state index contributed by atoms with van der Waals surface area (Å²) in [5, 5.41) is 0. The Kier molecular flexibility index (Phi) is 2.42. The molecule has 0 bridgehead atoms. The summed E-state index contributed by atoms with van der Waals surface area (Å²) in [5.41, 5.74) is 3.98. The van der Waals surface area contributed by atoms with Gasteiger partial charge in [-0.15, -0.1) is 0 Å². The summed E-state index contributed by atoms with van der Waals surface area (Å²) in [6.07, 6.45) is 0.905. The van der Waals surface area contributed by atoms with E-state index in [2.05, 4.69) is 0 Å². The summed E-state index contributed by atoms with van der Waals surface area (Å²) in [5.74, 6) is 0. The molecule has 2 nitrogen and oxygen atoms in total.